The molecule has 62 valence electrons. The molecule has 0 bridgehead atoms. The highest BCUT2D eigenvalue weighted by molar-refractivity contribution is 7.14. The SMILES string of the molecule is COc1nnc(C(Cl)(Cl)Cl)s1. The minimum absolute atomic E-state index is 0.305. The van der Waals surface area contributed by atoms with E-state index in [9.17, 15) is 0 Å². The van der Waals surface area contributed by atoms with Crippen molar-refractivity contribution in [2.24, 2.45) is 0 Å². The summed E-state index contributed by atoms with van der Waals surface area (Å²) in [6, 6.07) is 0. The maximum Gasteiger partial charge on any atom is 0.293 e. The van der Waals surface area contributed by atoms with Gasteiger partial charge in [-0.15, -0.1) is 5.10 Å². The van der Waals surface area contributed by atoms with E-state index < -0.39 is 3.79 Å². The van der Waals surface area contributed by atoms with Crippen molar-refractivity contribution in [3.63, 3.8) is 0 Å². The van der Waals surface area contributed by atoms with Gasteiger partial charge in [-0.25, -0.2) is 0 Å². The molecular weight excluding hydrogens is 230 g/mol. The number of alkyl halides is 3. The first-order chi connectivity index (χ1) is 5.04. The van der Waals surface area contributed by atoms with Crippen molar-refractivity contribution < 1.29 is 4.74 Å². The highest BCUT2D eigenvalue weighted by Crippen LogP contribution is 2.40. The lowest BCUT2D eigenvalue weighted by molar-refractivity contribution is 0.407. The fourth-order valence-electron chi connectivity index (χ4n) is 0.407. The van der Waals surface area contributed by atoms with E-state index in [0.29, 0.717) is 10.2 Å². The molecule has 0 aliphatic heterocycles. The van der Waals surface area contributed by atoms with Crippen molar-refractivity contribution in [2.75, 3.05) is 7.11 Å². The van der Waals surface area contributed by atoms with Gasteiger partial charge in [0, 0.05) is 0 Å². The lowest BCUT2D eigenvalue weighted by Crippen LogP contribution is -1.98. The molecule has 0 atom stereocenters. The molecule has 0 saturated carbocycles. The van der Waals surface area contributed by atoms with Gasteiger partial charge in [-0.05, 0) is 0 Å². The Labute approximate surface area is 82.2 Å². The third kappa shape index (κ3) is 2.33. The lowest BCUT2D eigenvalue weighted by Gasteiger charge is -2.02. The molecule has 3 nitrogen and oxygen atoms in total. The number of hydrogen-bond acceptors (Lipinski definition) is 4. The summed E-state index contributed by atoms with van der Waals surface area (Å²) < 4.78 is 3.25. The van der Waals surface area contributed by atoms with Crippen LogP contribution in [0.3, 0.4) is 0 Å². The average molecular weight is 234 g/mol. The molecule has 0 unspecified atom stereocenters. The van der Waals surface area contributed by atoms with E-state index in [1.54, 1.807) is 0 Å². The van der Waals surface area contributed by atoms with E-state index in [2.05, 4.69) is 10.2 Å². The molecule has 0 saturated heterocycles. The molecule has 0 aliphatic carbocycles. The molecule has 1 aromatic rings. The zero-order valence-corrected chi connectivity index (χ0v) is 8.43. The highest BCUT2D eigenvalue weighted by Gasteiger charge is 2.28. The van der Waals surface area contributed by atoms with E-state index in [1.165, 1.54) is 7.11 Å². The number of nitrogens with zero attached hydrogens (tertiary/aromatic N) is 2. The molecule has 1 rings (SSSR count). The molecule has 0 radical (unpaired) electrons. The van der Waals surface area contributed by atoms with Crippen LogP contribution in [0.4, 0.5) is 0 Å². The predicted octanol–water partition coefficient (Wildman–Crippen LogP) is 2.37. The van der Waals surface area contributed by atoms with Gasteiger partial charge >= 0.3 is 0 Å². The Hall–Kier alpha value is 0.230. The topological polar surface area (TPSA) is 35.0 Å². The molecular formula is C4H3Cl3N2OS. The standard InChI is InChI=1S/C4H3Cl3N2OS/c1-10-3-9-8-2(11-3)4(5,6)7/h1H3. The van der Waals surface area contributed by atoms with Gasteiger partial charge in [0.1, 0.15) is 0 Å². The van der Waals surface area contributed by atoms with Crippen molar-refractivity contribution in [3.05, 3.63) is 5.01 Å². The van der Waals surface area contributed by atoms with Crippen molar-refractivity contribution in [1.82, 2.24) is 10.2 Å². The third-order valence-corrected chi connectivity index (χ3v) is 2.70. The second-order valence-electron chi connectivity index (χ2n) is 1.58. The van der Waals surface area contributed by atoms with E-state index in [0.717, 1.165) is 11.3 Å². The van der Waals surface area contributed by atoms with Gasteiger partial charge in [-0.3, -0.25) is 0 Å². The van der Waals surface area contributed by atoms with Gasteiger partial charge in [0.15, 0.2) is 5.01 Å². The highest BCUT2D eigenvalue weighted by atomic mass is 35.6. The van der Waals surface area contributed by atoms with Crippen LogP contribution < -0.4 is 4.74 Å². The van der Waals surface area contributed by atoms with Crippen LogP contribution in [-0.2, 0) is 3.79 Å². The summed E-state index contributed by atoms with van der Waals surface area (Å²) in [4.78, 5) is 0. The lowest BCUT2D eigenvalue weighted by atomic mass is 10.8. The zero-order valence-electron chi connectivity index (χ0n) is 5.34. The number of halogens is 3. The molecule has 0 N–H and O–H groups in total. The Morgan fingerprint density at radius 2 is 2.00 bits per heavy atom. The zero-order chi connectivity index (χ0) is 8.48. The van der Waals surface area contributed by atoms with Crippen LogP contribution in [0.25, 0.3) is 0 Å². The first kappa shape index (κ1) is 9.32. The van der Waals surface area contributed by atoms with Crippen molar-refractivity contribution in [1.29, 1.82) is 0 Å². The van der Waals surface area contributed by atoms with Crippen LogP contribution in [0, 0.1) is 0 Å². The van der Waals surface area contributed by atoms with Gasteiger partial charge in [-0.2, -0.15) is 0 Å². The summed E-state index contributed by atoms with van der Waals surface area (Å²) in [6.45, 7) is 0. The summed E-state index contributed by atoms with van der Waals surface area (Å²) >= 11 is 17.6. The Morgan fingerprint density at radius 3 is 2.27 bits per heavy atom. The number of aromatic nitrogens is 2. The Balaban J connectivity index is 2.89. The molecule has 11 heavy (non-hydrogen) atoms. The Kier molecular flexibility index (Phi) is 2.80. The Bertz CT molecular complexity index is 246. The van der Waals surface area contributed by atoms with Crippen molar-refractivity contribution >= 4 is 46.1 Å². The fraction of sp³-hybridized carbons (Fsp3) is 0.500. The van der Waals surface area contributed by atoms with Crippen LogP contribution in [0.15, 0.2) is 0 Å². The maximum absolute atomic E-state index is 5.51. The van der Waals surface area contributed by atoms with E-state index >= 15 is 0 Å². The van der Waals surface area contributed by atoms with Crippen LogP contribution in [0.2, 0.25) is 0 Å². The smallest absolute Gasteiger partial charge is 0.293 e. The van der Waals surface area contributed by atoms with Crippen molar-refractivity contribution in [2.45, 2.75) is 3.79 Å². The molecule has 0 aromatic carbocycles. The largest absolute Gasteiger partial charge is 0.472 e. The summed E-state index contributed by atoms with van der Waals surface area (Å²) in [7, 11) is 1.47. The van der Waals surface area contributed by atoms with Crippen LogP contribution in [0.5, 0.6) is 5.19 Å². The normalized spacial score (nSPS) is 11.6. The summed E-state index contributed by atoms with van der Waals surface area (Å²) in [5.74, 6) is 0. The van der Waals surface area contributed by atoms with E-state index in [4.69, 9.17) is 39.5 Å². The van der Waals surface area contributed by atoms with Gasteiger partial charge in [0.2, 0.25) is 3.79 Å². The minimum Gasteiger partial charge on any atom is -0.472 e. The van der Waals surface area contributed by atoms with Gasteiger partial charge in [-0.1, -0.05) is 51.2 Å². The quantitative estimate of drug-likeness (QED) is 0.699. The molecule has 0 aliphatic rings. The molecule has 0 amide bonds. The first-order valence-corrected chi connectivity index (χ1v) is 4.44. The van der Waals surface area contributed by atoms with E-state index in [1.807, 2.05) is 0 Å². The first-order valence-electron chi connectivity index (χ1n) is 2.48. The molecule has 7 heteroatoms. The number of methoxy groups -OCH3 is 1. The van der Waals surface area contributed by atoms with Gasteiger partial charge < -0.3 is 4.74 Å². The molecule has 1 aromatic heterocycles. The summed E-state index contributed by atoms with van der Waals surface area (Å²) in [6.07, 6.45) is 0. The van der Waals surface area contributed by atoms with Gasteiger partial charge in [0.05, 0.1) is 7.11 Å². The summed E-state index contributed by atoms with van der Waals surface area (Å²) in [5.41, 5.74) is 0. The second-order valence-corrected chi connectivity index (χ2v) is 4.80. The van der Waals surface area contributed by atoms with Crippen LogP contribution in [0.1, 0.15) is 5.01 Å². The second kappa shape index (κ2) is 3.31. The minimum atomic E-state index is -1.51. The number of hydrogen-bond donors (Lipinski definition) is 0. The van der Waals surface area contributed by atoms with E-state index in [-0.39, 0.29) is 0 Å². The maximum atomic E-state index is 5.51. The molecule has 0 fully saturated rings. The predicted molar refractivity (Wildman–Crippen MR) is 45.7 cm³/mol. The molecule has 0 spiro atoms. The van der Waals surface area contributed by atoms with Gasteiger partial charge in [0.25, 0.3) is 5.19 Å². The molecule has 1 heterocycles. The number of ether oxygens (including phenoxy) is 1. The van der Waals surface area contributed by atoms with Crippen molar-refractivity contribution in [3.8, 4) is 5.19 Å². The number of rotatable bonds is 1. The fourth-order valence-corrected chi connectivity index (χ4v) is 1.40. The third-order valence-electron chi connectivity index (χ3n) is 0.824. The van der Waals surface area contributed by atoms with Crippen LogP contribution >= 0.6 is 46.1 Å². The Morgan fingerprint density at radius 1 is 1.36 bits per heavy atom. The summed E-state index contributed by atoms with van der Waals surface area (Å²) in [5, 5.41) is 7.89. The average Bonchev–Trinajstić information content (AvgIpc) is 2.32. The monoisotopic (exact) mass is 232 g/mol. The van der Waals surface area contributed by atoms with Crippen LogP contribution in [-0.4, -0.2) is 17.3 Å².